The van der Waals surface area contributed by atoms with Crippen molar-refractivity contribution in [3.8, 4) is 0 Å². The van der Waals surface area contributed by atoms with Crippen LogP contribution in [0.1, 0.15) is 6.92 Å². The number of hydrogen-bond acceptors (Lipinski definition) is 4. The van der Waals surface area contributed by atoms with Crippen molar-refractivity contribution in [3.05, 3.63) is 23.2 Å². The van der Waals surface area contributed by atoms with Crippen molar-refractivity contribution in [1.82, 2.24) is 4.31 Å². The molecule has 1 heterocycles. The molecule has 1 aromatic carbocycles. The first kappa shape index (κ1) is 15.6. The van der Waals surface area contributed by atoms with Crippen LogP contribution in [0.3, 0.4) is 0 Å². The lowest BCUT2D eigenvalue weighted by atomic mass is 10.3. The SMILES string of the molecule is CC(=O)Nc1ccc(S(=O)(=O)N2CCSCC2)cc1Cl. The number of nitrogens with one attached hydrogen (secondary N) is 1. The number of amides is 1. The predicted molar refractivity (Wildman–Crippen MR) is 81.8 cm³/mol. The first-order valence-corrected chi connectivity index (χ1v) is 9.03. The average molecular weight is 335 g/mol. The fraction of sp³-hybridized carbons (Fsp3) is 0.417. The molecule has 5 nitrogen and oxygen atoms in total. The number of carbonyl (C=O) groups is 1. The van der Waals surface area contributed by atoms with Crippen LogP contribution in [-0.2, 0) is 14.8 Å². The Labute approximate surface area is 127 Å². The van der Waals surface area contributed by atoms with E-state index in [1.807, 2.05) is 0 Å². The van der Waals surface area contributed by atoms with E-state index in [1.54, 1.807) is 11.8 Å². The van der Waals surface area contributed by atoms with Crippen LogP contribution in [0.25, 0.3) is 0 Å². The van der Waals surface area contributed by atoms with Gasteiger partial charge >= 0.3 is 0 Å². The highest BCUT2D eigenvalue weighted by Gasteiger charge is 2.26. The monoisotopic (exact) mass is 334 g/mol. The van der Waals surface area contributed by atoms with Gasteiger partial charge in [-0.2, -0.15) is 16.1 Å². The topological polar surface area (TPSA) is 66.5 Å². The molecule has 0 bridgehead atoms. The Hall–Kier alpha value is -0.760. The summed E-state index contributed by atoms with van der Waals surface area (Å²) in [7, 11) is -3.51. The number of rotatable bonds is 3. The van der Waals surface area contributed by atoms with E-state index >= 15 is 0 Å². The van der Waals surface area contributed by atoms with Gasteiger partial charge in [0.2, 0.25) is 15.9 Å². The first-order chi connectivity index (χ1) is 9.41. The molecule has 0 atom stereocenters. The van der Waals surface area contributed by atoms with Crippen LogP contribution in [0.5, 0.6) is 0 Å². The van der Waals surface area contributed by atoms with Crippen molar-refractivity contribution < 1.29 is 13.2 Å². The summed E-state index contributed by atoms with van der Waals surface area (Å²) in [6.07, 6.45) is 0. The summed E-state index contributed by atoms with van der Waals surface area (Å²) >= 11 is 7.76. The van der Waals surface area contributed by atoms with Gasteiger partial charge in [-0.25, -0.2) is 8.42 Å². The number of hydrogen-bond donors (Lipinski definition) is 1. The molecule has 1 fully saturated rings. The zero-order valence-corrected chi connectivity index (χ0v) is 13.3. The molecule has 20 heavy (non-hydrogen) atoms. The second-order valence-electron chi connectivity index (χ2n) is 4.34. The summed E-state index contributed by atoms with van der Waals surface area (Å²) in [5.74, 6) is 1.35. The molecule has 1 saturated heterocycles. The Morgan fingerprint density at radius 3 is 2.55 bits per heavy atom. The lowest BCUT2D eigenvalue weighted by Gasteiger charge is -2.25. The Morgan fingerprint density at radius 1 is 1.35 bits per heavy atom. The van der Waals surface area contributed by atoms with Crippen molar-refractivity contribution >= 4 is 45.0 Å². The Balaban J connectivity index is 2.28. The Morgan fingerprint density at radius 2 is 2.00 bits per heavy atom. The highest BCUT2D eigenvalue weighted by Crippen LogP contribution is 2.27. The molecule has 1 aromatic rings. The normalized spacial score (nSPS) is 16.9. The van der Waals surface area contributed by atoms with E-state index in [1.165, 1.54) is 29.4 Å². The second-order valence-corrected chi connectivity index (χ2v) is 7.91. The molecule has 0 radical (unpaired) electrons. The number of sulfonamides is 1. The van der Waals surface area contributed by atoms with Crippen LogP contribution in [0.15, 0.2) is 23.1 Å². The first-order valence-electron chi connectivity index (χ1n) is 6.06. The highest BCUT2D eigenvalue weighted by molar-refractivity contribution is 7.99. The summed E-state index contributed by atoms with van der Waals surface area (Å²) in [5, 5.41) is 2.76. The van der Waals surface area contributed by atoms with Gasteiger partial charge in [0.1, 0.15) is 0 Å². The maximum Gasteiger partial charge on any atom is 0.243 e. The molecule has 0 saturated carbocycles. The van der Waals surface area contributed by atoms with E-state index in [4.69, 9.17) is 11.6 Å². The van der Waals surface area contributed by atoms with Crippen molar-refractivity contribution in [3.63, 3.8) is 0 Å². The second kappa shape index (κ2) is 6.34. The lowest BCUT2D eigenvalue weighted by Crippen LogP contribution is -2.37. The van der Waals surface area contributed by atoms with Gasteiger partial charge in [-0.05, 0) is 18.2 Å². The van der Waals surface area contributed by atoms with Crippen LogP contribution in [0, 0.1) is 0 Å². The molecule has 0 aliphatic carbocycles. The number of anilines is 1. The Kier molecular flexibility index (Phi) is 4.95. The van der Waals surface area contributed by atoms with Crippen LogP contribution in [0.4, 0.5) is 5.69 Å². The number of carbonyl (C=O) groups excluding carboxylic acids is 1. The summed E-state index contributed by atoms with van der Waals surface area (Å²) < 4.78 is 26.4. The molecule has 0 aromatic heterocycles. The third kappa shape index (κ3) is 3.46. The molecule has 1 aliphatic heterocycles. The average Bonchev–Trinajstić information content (AvgIpc) is 2.41. The fourth-order valence-electron chi connectivity index (χ4n) is 1.88. The fourth-order valence-corrected chi connectivity index (χ4v) is 4.78. The molecule has 1 amide bonds. The van der Waals surface area contributed by atoms with E-state index in [0.717, 1.165) is 11.5 Å². The third-order valence-corrected chi connectivity index (χ3v) is 6.01. The van der Waals surface area contributed by atoms with E-state index in [0.29, 0.717) is 18.8 Å². The zero-order valence-electron chi connectivity index (χ0n) is 10.9. The molecular weight excluding hydrogens is 320 g/mol. The number of thioether (sulfide) groups is 1. The molecule has 8 heteroatoms. The van der Waals surface area contributed by atoms with Gasteiger partial charge in [0.25, 0.3) is 0 Å². The molecular formula is C12H15ClN2O3S2. The summed E-state index contributed by atoms with van der Waals surface area (Å²) in [6, 6.07) is 4.35. The van der Waals surface area contributed by atoms with Crippen LogP contribution in [0.2, 0.25) is 5.02 Å². The van der Waals surface area contributed by atoms with E-state index in [2.05, 4.69) is 5.32 Å². The van der Waals surface area contributed by atoms with Crippen LogP contribution >= 0.6 is 23.4 Å². The quantitative estimate of drug-likeness (QED) is 0.918. The number of halogens is 1. The number of nitrogens with zero attached hydrogens (tertiary/aromatic N) is 1. The summed E-state index contributed by atoms with van der Waals surface area (Å²) in [6.45, 7) is 2.39. The van der Waals surface area contributed by atoms with Crippen molar-refractivity contribution in [2.24, 2.45) is 0 Å². The van der Waals surface area contributed by atoms with Gasteiger partial charge in [0, 0.05) is 31.5 Å². The van der Waals surface area contributed by atoms with Gasteiger partial charge in [-0.3, -0.25) is 4.79 Å². The maximum atomic E-state index is 12.4. The Bertz CT molecular complexity index is 613. The standard InChI is InChI=1S/C12H15ClN2O3S2/c1-9(16)14-12-3-2-10(8-11(12)13)20(17,18)15-4-6-19-7-5-15/h2-3,8H,4-7H2,1H3,(H,14,16). The molecule has 1 aliphatic rings. The van der Waals surface area contributed by atoms with Crippen molar-refractivity contribution in [1.29, 1.82) is 0 Å². The smallest absolute Gasteiger partial charge is 0.243 e. The van der Waals surface area contributed by atoms with Crippen molar-refractivity contribution in [2.45, 2.75) is 11.8 Å². The predicted octanol–water partition coefficient (Wildman–Crippen LogP) is 2.04. The molecule has 0 spiro atoms. The number of benzene rings is 1. The minimum Gasteiger partial charge on any atom is -0.325 e. The van der Waals surface area contributed by atoms with E-state index < -0.39 is 10.0 Å². The maximum absolute atomic E-state index is 12.4. The zero-order chi connectivity index (χ0) is 14.8. The molecule has 2 rings (SSSR count). The van der Waals surface area contributed by atoms with Crippen LogP contribution in [-0.4, -0.2) is 43.2 Å². The van der Waals surface area contributed by atoms with Gasteiger partial charge in [0.15, 0.2) is 0 Å². The summed E-state index contributed by atoms with van der Waals surface area (Å²) in [4.78, 5) is 11.2. The van der Waals surface area contributed by atoms with Crippen LogP contribution < -0.4 is 5.32 Å². The largest absolute Gasteiger partial charge is 0.325 e. The molecule has 0 unspecified atom stereocenters. The summed E-state index contributed by atoms with van der Waals surface area (Å²) in [5.41, 5.74) is 0.410. The van der Waals surface area contributed by atoms with Gasteiger partial charge in [-0.15, -0.1) is 0 Å². The lowest BCUT2D eigenvalue weighted by molar-refractivity contribution is -0.114. The molecule has 110 valence electrons. The van der Waals surface area contributed by atoms with Crippen molar-refractivity contribution in [2.75, 3.05) is 29.9 Å². The van der Waals surface area contributed by atoms with E-state index in [9.17, 15) is 13.2 Å². The minimum absolute atomic E-state index is 0.156. The van der Waals surface area contributed by atoms with Gasteiger partial charge in [0.05, 0.1) is 15.6 Å². The van der Waals surface area contributed by atoms with Gasteiger partial charge < -0.3 is 5.32 Å². The third-order valence-electron chi connectivity index (χ3n) is 2.86. The van der Waals surface area contributed by atoms with E-state index in [-0.39, 0.29) is 15.8 Å². The molecule has 1 N–H and O–H groups in total. The minimum atomic E-state index is -3.51. The highest BCUT2D eigenvalue weighted by atomic mass is 35.5. The van der Waals surface area contributed by atoms with Gasteiger partial charge in [-0.1, -0.05) is 11.6 Å².